The van der Waals surface area contributed by atoms with Crippen LogP contribution in [-0.4, -0.2) is 24.8 Å². The standard InChI is InChI=1S/C15H19N3O5S/c1-10-4-5-13(7-14(10)18(20)21)24(22,23)17-16-11-6-12(19)9-15(2,3)8-11/h4-5,7,17H,6,8-9H2,1-3H3/b16-11+. The van der Waals surface area contributed by atoms with Crippen LogP contribution in [-0.2, 0) is 14.8 Å². The minimum Gasteiger partial charge on any atom is -0.299 e. The van der Waals surface area contributed by atoms with E-state index in [-0.39, 0.29) is 28.2 Å². The molecule has 0 atom stereocenters. The molecule has 0 unspecified atom stereocenters. The van der Waals surface area contributed by atoms with Crippen LogP contribution in [0.15, 0.2) is 28.2 Å². The minimum atomic E-state index is -4.04. The molecule has 0 heterocycles. The molecule has 0 bridgehead atoms. The first kappa shape index (κ1) is 18.1. The molecule has 8 nitrogen and oxygen atoms in total. The van der Waals surface area contributed by atoms with Gasteiger partial charge in [-0.05, 0) is 24.8 Å². The first-order valence-electron chi connectivity index (χ1n) is 7.34. The predicted octanol–water partition coefficient (Wildman–Crippen LogP) is 2.32. The van der Waals surface area contributed by atoms with Crippen LogP contribution in [0.1, 0.15) is 38.7 Å². The maximum absolute atomic E-state index is 12.3. The van der Waals surface area contributed by atoms with Crippen molar-refractivity contribution in [1.82, 2.24) is 4.83 Å². The van der Waals surface area contributed by atoms with Crippen molar-refractivity contribution in [1.29, 1.82) is 0 Å². The van der Waals surface area contributed by atoms with Gasteiger partial charge in [0.2, 0.25) is 0 Å². The summed E-state index contributed by atoms with van der Waals surface area (Å²) in [5.41, 5.74) is 0.285. The fourth-order valence-corrected chi connectivity index (χ4v) is 3.58. The number of hydrogen-bond acceptors (Lipinski definition) is 6. The lowest BCUT2D eigenvalue weighted by molar-refractivity contribution is -0.385. The number of ketones is 1. The van der Waals surface area contributed by atoms with E-state index >= 15 is 0 Å². The van der Waals surface area contributed by atoms with Crippen LogP contribution in [0.2, 0.25) is 0 Å². The Labute approximate surface area is 140 Å². The lowest BCUT2D eigenvalue weighted by atomic mass is 9.76. The fraction of sp³-hybridized carbons (Fsp3) is 0.467. The second-order valence-corrected chi connectivity index (χ2v) is 8.37. The Morgan fingerprint density at radius 3 is 2.54 bits per heavy atom. The lowest BCUT2D eigenvalue weighted by Crippen LogP contribution is -2.31. The summed E-state index contributed by atoms with van der Waals surface area (Å²) in [4.78, 5) is 23.8. The monoisotopic (exact) mass is 353 g/mol. The molecule has 2 rings (SSSR count). The van der Waals surface area contributed by atoms with Crippen LogP contribution in [0.25, 0.3) is 0 Å². The Kier molecular flexibility index (Phi) is 4.75. The van der Waals surface area contributed by atoms with E-state index < -0.39 is 14.9 Å². The van der Waals surface area contributed by atoms with Gasteiger partial charge in [-0.1, -0.05) is 19.9 Å². The van der Waals surface area contributed by atoms with Crippen LogP contribution in [0.3, 0.4) is 0 Å². The van der Waals surface area contributed by atoms with E-state index in [0.29, 0.717) is 24.1 Å². The van der Waals surface area contributed by atoms with Crippen LogP contribution < -0.4 is 4.83 Å². The smallest absolute Gasteiger partial charge is 0.276 e. The van der Waals surface area contributed by atoms with Crippen molar-refractivity contribution >= 4 is 27.2 Å². The van der Waals surface area contributed by atoms with E-state index in [2.05, 4.69) is 9.93 Å². The number of sulfonamides is 1. The Morgan fingerprint density at radius 2 is 1.96 bits per heavy atom. The molecule has 1 aromatic carbocycles. The highest BCUT2D eigenvalue weighted by molar-refractivity contribution is 7.89. The van der Waals surface area contributed by atoms with Gasteiger partial charge >= 0.3 is 0 Å². The second-order valence-electron chi connectivity index (χ2n) is 6.71. The molecule has 0 radical (unpaired) electrons. The number of carbonyl (C=O) groups is 1. The number of nitro benzene ring substituents is 1. The third kappa shape index (κ3) is 4.16. The molecule has 1 N–H and O–H groups in total. The van der Waals surface area contributed by atoms with Crippen molar-refractivity contribution in [3.63, 3.8) is 0 Å². The molecule has 1 aliphatic carbocycles. The molecule has 24 heavy (non-hydrogen) atoms. The molecule has 1 aliphatic rings. The number of benzene rings is 1. The minimum absolute atomic E-state index is 0.00942. The summed E-state index contributed by atoms with van der Waals surface area (Å²) in [5.74, 6) is 0.00942. The van der Waals surface area contributed by atoms with E-state index in [1.807, 2.05) is 13.8 Å². The lowest BCUT2D eigenvalue weighted by Gasteiger charge is -2.29. The van der Waals surface area contributed by atoms with Crippen molar-refractivity contribution in [2.24, 2.45) is 10.5 Å². The predicted molar refractivity (Wildman–Crippen MR) is 88.2 cm³/mol. The van der Waals surface area contributed by atoms with E-state index in [1.54, 1.807) is 0 Å². The van der Waals surface area contributed by atoms with Gasteiger partial charge in [-0.15, -0.1) is 0 Å². The Balaban J connectivity index is 2.26. The van der Waals surface area contributed by atoms with E-state index in [0.717, 1.165) is 6.07 Å². The zero-order valence-corrected chi connectivity index (χ0v) is 14.5. The van der Waals surface area contributed by atoms with Gasteiger partial charge in [-0.2, -0.15) is 13.5 Å². The average molecular weight is 353 g/mol. The van der Waals surface area contributed by atoms with Crippen LogP contribution in [0.4, 0.5) is 5.69 Å². The number of Topliss-reactive ketones (excluding diaryl/α,β-unsaturated/α-hetero) is 1. The molecule has 0 spiro atoms. The summed E-state index contributed by atoms with van der Waals surface area (Å²) in [7, 11) is -4.04. The first-order chi connectivity index (χ1) is 11.0. The summed E-state index contributed by atoms with van der Waals surface area (Å²) in [5, 5.41) is 14.8. The summed E-state index contributed by atoms with van der Waals surface area (Å²) < 4.78 is 24.6. The topological polar surface area (TPSA) is 119 Å². The van der Waals surface area contributed by atoms with Crippen LogP contribution >= 0.6 is 0 Å². The molecule has 1 saturated carbocycles. The highest BCUT2D eigenvalue weighted by Crippen LogP contribution is 2.31. The van der Waals surface area contributed by atoms with Gasteiger partial charge < -0.3 is 0 Å². The molecular formula is C15H19N3O5S. The Morgan fingerprint density at radius 1 is 1.29 bits per heavy atom. The molecule has 0 amide bonds. The number of hydrazone groups is 1. The van der Waals surface area contributed by atoms with Crippen molar-refractivity contribution < 1.29 is 18.1 Å². The van der Waals surface area contributed by atoms with Gasteiger partial charge in [0, 0.05) is 30.2 Å². The average Bonchev–Trinajstić information content (AvgIpc) is 2.43. The third-order valence-corrected chi connectivity index (χ3v) is 4.98. The molecule has 0 aliphatic heterocycles. The van der Waals surface area contributed by atoms with Gasteiger partial charge in [0.05, 0.1) is 9.82 Å². The summed E-state index contributed by atoms with van der Waals surface area (Å²) in [6, 6.07) is 3.64. The maximum Gasteiger partial charge on any atom is 0.276 e. The summed E-state index contributed by atoms with van der Waals surface area (Å²) >= 11 is 0. The van der Waals surface area contributed by atoms with Gasteiger partial charge in [-0.3, -0.25) is 14.9 Å². The quantitative estimate of drug-likeness (QED) is 0.658. The summed E-state index contributed by atoms with van der Waals surface area (Å²) in [6.07, 6.45) is 1.05. The highest BCUT2D eigenvalue weighted by Gasteiger charge is 2.30. The van der Waals surface area contributed by atoms with Crippen molar-refractivity contribution in [3.8, 4) is 0 Å². The Bertz CT molecular complexity index is 828. The number of nitro groups is 1. The van der Waals surface area contributed by atoms with Crippen molar-refractivity contribution in [2.75, 3.05) is 0 Å². The second kappa shape index (κ2) is 6.31. The number of nitrogens with zero attached hydrogens (tertiary/aromatic N) is 2. The summed E-state index contributed by atoms with van der Waals surface area (Å²) in [6.45, 7) is 5.35. The maximum atomic E-state index is 12.3. The number of carbonyl (C=O) groups excluding carboxylic acids is 1. The van der Waals surface area contributed by atoms with E-state index in [1.165, 1.54) is 19.1 Å². The van der Waals surface area contributed by atoms with Crippen LogP contribution in [0, 0.1) is 22.5 Å². The Hall–Kier alpha value is -2.29. The molecule has 0 aromatic heterocycles. The molecule has 0 saturated heterocycles. The third-order valence-electron chi connectivity index (χ3n) is 3.77. The molecule has 1 aromatic rings. The highest BCUT2D eigenvalue weighted by atomic mass is 32.2. The first-order valence-corrected chi connectivity index (χ1v) is 8.82. The van der Waals surface area contributed by atoms with E-state index in [4.69, 9.17) is 0 Å². The number of rotatable bonds is 4. The fourth-order valence-electron chi connectivity index (χ4n) is 2.71. The van der Waals surface area contributed by atoms with Crippen molar-refractivity contribution in [2.45, 2.75) is 44.9 Å². The number of hydrogen-bond donors (Lipinski definition) is 1. The van der Waals surface area contributed by atoms with E-state index in [9.17, 15) is 23.3 Å². The van der Waals surface area contributed by atoms with Gasteiger partial charge in [0.25, 0.3) is 15.7 Å². The molecule has 130 valence electrons. The van der Waals surface area contributed by atoms with Gasteiger partial charge in [0.1, 0.15) is 5.78 Å². The zero-order valence-electron chi connectivity index (χ0n) is 13.7. The largest absolute Gasteiger partial charge is 0.299 e. The van der Waals surface area contributed by atoms with Gasteiger partial charge in [-0.25, -0.2) is 4.83 Å². The number of nitrogens with one attached hydrogen (secondary N) is 1. The van der Waals surface area contributed by atoms with Crippen LogP contribution in [0.5, 0.6) is 0 Å². The number of aryl methyl sites for hydroxylation is 1. The van der Waals surface area contributed by atoms with Crippen molar-refractivity contribution in [3.05, 3.63) is 33.9 Å². The molecule has 1 fully saturated rings. The van der Waals surface area contributed by atoms with Gasteiger partial charge in [0.15, 0.2) is 0 Å². The molecular weight excluding hydrogens is 334 g/mol. The molecule has 9 heteroatoms. The zero-order chi connectivity index (χ0) is 18.1. The SMILES string of the molecule is Cc1ccc(S(=O)(=O)N/N=C2\CC(=O)CC(C)(C)C2)cc1[N+](=O)[O-]. The normalized spacial score (nSPS) is 19.3.